The molecule has 0 radical (unpaired) electrons. The van der Waals surface area contributed by atoms with Crippen molar-refractivity contribution in [1.29, 1.82) is 0 Å². The molecule has 0 spiro atoms. The number of hydrogen-bond acceptors (Lipinski definition) is 6. The van der Waals surface area contributed by atoms with Crippen molar-refractivity contribution in [2.75, 3.05) is 0 Å². The maximum atomic E-state index is 12.3. The molecule has 0 saturated carbocycles. The fourth-order valence-electron chi connectivity index (χ4n) is 4.05. The van der Waals surface area contributed by atoms with Crippen molar-refractivity contribution in [3.8, 4) is 0 Å². The van der Waals surface area contributed by atoms with Crippen LogP contribution in [0.4, 0.5) is 0 Å². The van der Waals surface area contributed by atoms with Gasteiger partial charge in [-0.2, -0.15) is 0 Å². The van der Waals surface area contributed by atoms with E-state index in [1.54, 1.807) is 0 Å². The number of ether oxygens (including phenoxy) is 2. The standard InChI is InChI=1S/C23H32N4O6/c1-4-18-19(15-21(32-18)27-12-10-20(29)24-23(27)31)33-22(30)9-8-17(28)7-5-6-11-26-14-13-25(3)16(26)2/h10,12-14,18-19,21H,4-9,11,15H2,1-3H3/p+1/t18-,19-,21-/m1/s1. The van der Waals surface area contributed by atoms with E-state index in [-0.39, 0.29) is 24.7 Å². The van der Waals surface area contributed by atoms with Crippen molar-refractivity contribution in [3.05, 3.63) is 51.3 Å². The highest BCUT2D eigenvalue weighted by molar-refractivity contribution is 5.82. The lowest BCUT2D eigenvalue weighted by Crippen LogP contribution is -2.31. The van der Waals surface area contributed by atoms with Crippen molar-refractivity contribution in [1.82, 2.24) is 14.1 Å². The number of nitrogens with one attached hydrogen (secondary N) is 1. The zero-order valence-electron chi connectivity index (χ0n) is 19.5. The highest BCUT2D eigenvalue weighted by atomic mass is 16.6. The number of nitrogens with zero attached hydrogens (tertiary/aromatic N) is 3. The Morgan fingerprint density at radius 2 is 2.00 bits per heavy atom. The number of aromatic amines is 1. The van der Waals surface area contributed by atoms with E-state index in [2.05, 4.69) is 21.0 Å². The summed E-state index contributed by atoms with van der Waals surface area (Å²) in [6, 6.07) is 1.25. The second-order valence-corrected chi connectivity index (χ2v) is 8.46. The van der Waals surface area contributed by atoms with Gasteiger partial charge in [0, 0.05) is 38.4 Å². The summed E-state index contributed by atoms with van der Waals surface area (Å²) in [6.45, 7) is 4.82. The molecule has 1 saturated heterocycles. The molecule has 1 N–H and O–H groups in total. The van der Waals surface area contributed by atoms with Crippen molar-refractivity contribution in [2.45, 2.75) is 83.8 Å². The highest BCUT2D eigenvalue weighted by Crippen LogP contribution is 2.31. The summed E-state index contributed by atoms with van der Waals surface area (Å²) >= 11 is 0. The fraction of sp³-hybridized carbons (Fsp3) is 0.609. The molecule has 2 aromatic rings. The smallest absolute Gasteiger partial charge is 0.330 e. The van der Waals surface area contributed by atoms with E-state index in [9.17, 15) is 19.2 Å². The molecule has 0 bridgehead atoms. The lowest BCUT2D eigenvalue weighted by atomic mass is 10.1. The molecule has 1 aliphatic heterocycles. The lowest BCUT2D eigenvalue weighted by molar-refractivity contribution is -0.677. The summed E-state index contributed by atoms with van der Waals surface area (Å²) in [6.07, 6.45) is 7.14. The van der Waals surface area contributed by atoms with Gasteiger partial charge in [-0.15, -0.1) is 0 Å². The molecule has 10 nitrogen and oxygen atoms in total. The average Bonchev–Trinajstić information content (AvgIpc) is 3.32. The largest absolute Gasteiger partial charge is 0.459 e. The molecule has 3 rings (SSSR count). The Morgan fingerprint density at radius 1 is 1.21 bits per heavy atom. The molecule has 0 amide bonds. The quantitative estimate of drug-likeness (QED) is 0.306. The van der Waals surface area contributed by atoms with E-state index in [1.807, 2.05) is 26.4 Å². The van der Waals surface area contributed by atoms with Crippen LogP contribution in [0, 0.1) is 6.92 Å². The molecule has 0 unspecified atom stereocenters. The van der Waals surface area contributed by atoms with Crippen LogP contribution in [0.15, 0.2) is 34.2 Å². The maximum Gasteiger partial charge on any atom is 0.330 e. The van der Waals surface area contributed by atoms with Crippen LogP contribution in [-0.4, -0.2) is 38.1 Å². The van der Waals surface area contributed by atoms with E-state index in [0.29, 0.717) is 19.3 Å². The van der Waals surface area contributed by atoms with Crippen LogP contribution >= 0.6 is 0 Å². The van der Waals surface area contributed by atoms with Gasteiger partial charge in [0.2, 0.25) is 0 Å². The highest BCUT2D eigenvalue weighted by Gasteiger charge is 2.38. The number of hydrogen-bond donors (Lipinski definition) is 1. The first-order valence-electron chi connectivity index (χ1n) is 11.5. The first kappa shape index (κ1) is 24.6. The van der Waals surface area contributed by atoms with Crippen LogP contribution in [0.3, 0.4) is 0 Å². The number of esters is 1. The molecule has 0 aliphatic carbocycles. The fourth-order valence-corrected chi connectivity index (χ4v) is 4.05. The average molecular weight is 462 g/mol. The third-order valence-corrected chi connectivity index (χ3v) is 6.14. The Morgan fingerprint density at radius 3 is 2.67 bits per heavy atom. The predicted molar refractivity (Wildman–Crippen MR) is 118 cm³/mol. The van der Waals surface area contributed by atoms with Gasteiger partial charge in [-0.1, -0.05) is 6.92 Å². The molecule has 3 heterocycles. The van der Waals surface area contributed by atoms with Gasteiger partial charge < -0.3 is 9.47 Å². The molecule has 0 aromatic carbocycles. The Kier molecular flexibility index (Phi) is 8.37. The summed E-state index contributed by atoms with van der Waals surface area (Å²) in [4.78, 5) is 50.0. The SMILES string of the molecule is CC[C@H]1O[C@@H](n2ccc(=O)[nH]c2=O)C[C@H]1OC(=O)CCC(=O)CCCCn1cc[n+](C)c1C. The number of H-pyrrole nitrogens is 1. The van der Waals surface area contributed by atoms with Gasteiger partial charge in [-0.25, -0.2) is 13.9 Å². The molecule has 1 aliphatic rings. The van der Waals surface area contributed by atoms with Crippen LogP contribution in [0.5, 0.6) is 0 Å². The maximum absolute atomic E-state index is 12.3. The molecule has 2 aromatic heterocycles. The van der Waals surface area contributed by atoms with Crippen molar-refractivity contribution >= 4 is 11.8 Å². The normalized spacial score (nSPS) is 20.2. The molecular weight excluding hydrogens is 428 g/mol. The van der Waals surface area contributed by atoms with Gasteiger partial charge in [-0.05, 0) is 19.3 Å². The van der Waals surface area contributed by atoms with E-state index < -0.39 is 29.6 Å². The van der Waals surface area contributed by atoms with E-state index in [0.717, 1.165) is 25.2 Å². The first-order valence-corrected chi connectivity index (χ1v) is 11.5. The first-order chi connectivity index (χ1) is 15.8. The minimum absolute atomic E-state index is 0.0293. The van der Waals surface area contributed by atoms with Crippen molar-refractivity contribution < 1.29 is 23.6 Å². The molecule has 10 heteroatoms. The molecule has 3 atom stereocenters. The molecule has 180 valence electrons. The number of ketones is 1. The summed E-state index contributed by atoms with van der Waals surface area (Å²) in [5.41, 5.74) is -1.05. The number of unbranched alkanes of at least 4 members (excludes halogenated alkanes) is 1. The van der Waals surface area contributed by atoms with Gasteiger partial charge >= 0.3 is 11.7 Å². The van der Waals surface area contributed by atoms with Crippen LogP contribution in [0.25, 0.3) is 0 Å². The second-order valence-electron chi connectivity index (χ2n) is 8.46. The number of imidazole rings is 1. The molecule has 33 heavy (non-hydrogen) atoms. The van der Waals surface area contributed by atoms with Gasteiger partial charge in [0.05, 0.1) is 26.1 Å². The van der Waals surface area contributed by atoms with E-state index >= 15 is 0 Å². The summed E-state index contributed by atoms with van der Waals surface area (Å²) in [5.74, 6) is 0.771. The zero-order chi connectivity index (χ0) is 24.0. The number of aryl methyl sites for hydroxylation is 2. The number of aromatic nitrogens is 4. The third kappa shape index (κ3) is 6.50. The van der Waals surface area contributed by atoms with Gasteiger partial charge in [0.25, 0.3) is 11.4 Å². The minimum Gasteiger partial charge on any atom is -0.459 e. The number of carbonyl (C=O) groups is 2. The lowest BCUT2D eigenvalue weighted by Gasteiger charge is -2.17. The Labute approximate surface area is 192 Å². The minimum atomic E-state index is -0.621. The third-order valence-electron chi connectivity index (χ3n) is 6.14. The van der Waals surface area contributed by atoms with Crippen molar-refractivity contribution in [3.63, 3.8) is 0 Å². The predicted octanol–water partition coefficient (Wildman–Crippen LogP) is 1.30. The van der Waals surface area contributed by atoms with E-state index in [4.69, 9.17) is 9.47 Å². The van der Waals surface area contributed by atoms with Crippen LogP contribution in [0.1, 0.15) is 63.9 Å². The monoisotopic (exact) mass is 461 g/mol. The Hall–Kier alpha value is -3.01. The van der Waals surface area contributed by atoms with Crippen molar-refractivity contribution in [2.24, 2.45) is 7.05 Å². The molecule has 1 fully saturated rings. The van der Waals surface area contributed by atoms with Crippen LogP contribution in [0.2, 0.25) is 0 Å². The summed E-state index contributed by atoms with van der Waals surface area (Å²) in [7, 11) is 2.00. The summed E-state index contributed by atoms with van der Waals surface area (Å²) < 4.78 is 16.9. The van der Waals surface area contributed by atoms with Crippen LogP contribution in [-0.2, 0) is 32.7 Å². The molecular formula is C23H33N4O6+. The second kappa shape index (κ2) is 11.2. The van der Waals surface area contributed by atoms with Gasteiger partial charge in [0.1, 0.15) is 30.5 Å². The summed E-state index contributed by atoms with van der Waals surface area (Å²) in [5, 5.41) is 0. The number of rotatable bonds is 11. The Balaban J connectivity index is 1.40. The number of Topliss-reactive ketones (excluding diaryl/α,β-unsaturated/α-hetero) is 1. The number of carbonyl (C=O) groups excluding carboxylic acids is 2. The van der Waals surface area contributed by atoms with Gasteiger partial charge in [0.15, 0.2) is 0 Å². The Bertz CT molecular complexity index is 1090. The topological polar surface area (TPSA) is 116 Å². The van der Waals surface area contributed by atoms with Crippen LogP contribution < -0.4 is 15.8 Å². The van der Waals surface area contributed by atoms with E-state index in [1.165, 1.54) is 16.8 Å². The van der Waals surface area contributed by atoms with Gasteiger partial charge in [-0.3, -0.25) is 23.9 Å². The zero-order valence-corrected chi connectivity index (χ0v) is 19.5.